The molecule has 1 aromatic carbocycles. The van der Waals surface area contributed by atoms with Crippen LogP contribution >= 0.6 is 0 Å². The highest BCUT2D eigenvalue weighted by Crippen LogP contribution is 2.13. The van der Waals surface area contributed by atoms with E-state index in [-0.39, 0.29) is 5.54 Å². The van der Waals surface area contributed by atoms with Crippen LogP contribution in [0.5, 0.6) is 0 Å². The topological polar surface area (TPSA) is 12.0 Å². The van der Waals surface area contributed by atoms with Crippen molar-refractivity contribution in [1.82, 2.24) is 5.32 Å². The molecule has 1 rings (SSSR count). The van der Waals surface area contributed by atoms with Crippen LogP contribution in [0.25, 0.3) is 0 Å². The third-order valence-corrected chi connectivity index (χ3v) is 3.04. The first-order valence-corrected chi connectivity index (χ1v) is 7.07. The molecule has 1 N–H and O–H groups in total. The van der Waals surface area contributed by atoms with Crippen molar-refractivity contribution in [1.29, 1.82) is 0 Å². The first-order chi connectivity index (χ1) is 8.88. The molecule has 0 heterocycles. The van der Waals surface area contributed by atoms with Crippen molar-refractivity contribution in [3.8, 4) is 0 Å². The van der Waals surface area contributed by atoms with E-state index in [4.69, 9.17) is 0 Å². The molecule has 0 aromatic heterocycles. The minimum Gasteiger partial charge on any atom is -0.312 e. The van der Waals surface area contributed by atoms with Gasteiger partial charge in [0.15, 0.2) is 0 Å². The molecular weight excluding hydrogens is 244 g/mol. The first-order valence-electron chi connectivity index (χ1n) is 7.07. The predicted octanol–water partition coefficient (Wildman–Crippen LogP) is 4.46. The van der Waals surface area contributed by atoms with Crippen LogP contribution in [0.3, 0.4) is 0 Å². The fourth-order valence-corrected chi connectivity index (χ4v) is 1.98. The largest absolute Gasteiger partial charge is 0.312 e. The Morgan fingerprint density at radius 1 is 1.00 bits per heavy atom. The molecule has 19 heavy (non-hydrogen) atoms. The van der Waals surface area contributed by atoms with Crippen molar-refractivity contribution in [2.24, 2.45) is 0 Å². The van der Waals surface area contributed by atoms with Gasteiger partial charge in [-0.1, -0.05) is 18.9 Å². The second-order valence-corrected chi connectivity index (χ2v) is 6.08. The van der Waals surface area contributed by atoms with E-state index in [0.717, 1.165) is 38.3 Å². The van der Waals surface area contributed by atoms with Gasteiger partial charge in [-0.15, -0.1) is 0 Å². The molecule has 0 unspecified atom stereocenters. The molecule has 0 bridgehead atoms. The third kappa shape index (κ3) is 7.26. The van der Waals surface area contributed by atoms with E-state index >= 15 is 0 Å². The molecule has 0 aliphatic rings. The van der Waals surface area contributed by atoms with Crippen molar-refractivity contribution in [2.75, 3.05) is 6.54 Å². The van der Waals surface area contributed by atoms with Gasteiger partial charge in [0.1, 0.15) is 11.6 Å². The lowest BCUT2D eigenvalue weighted by molar-refractivity contribution is 0.416. The molecule has 0 aliphatic carbocycles. The van der Waals surface area contributed by atoms with Gasteiger partial charge in [0.05, 0.1) is 0 Å². The zero-order valence-corrected chi connectivity index (χ0v) is 12.2. The zero-order chi connectivity index (χ0) is 14.3. The average Bonchev–Trinajstić information content (AvgIpc) is 2.29. The molecule has 0 saturated carbocycles. The van der Waals surface area contributed by atoms with Gasteiger partial charge in [-0.2, -0.15) is 0 Å². The summed E-state index contributed by atoms with van der Waals surface area (Å²) in [4.78, 5) is 0. The zero-order valence-electron chi connectivity index (χ0n) is 12.2. The highest BCUT2D eigenvalue weighted by Gasteiger charge is 2.07. The molecule has 0 atom stereocenters. The maximum absolute atomic E-state index is 13.4. The molecule has 1 nitrogen and oxygen atoms in total. The standard InChI is InChI=1S/C16H25F2N/c1-16(2,3)19-11-7-5-4-6-8-13-9-10-14(17)12-15(13)18/h9-10,12,19H,4-8,11H2,1-3H3. The van der Waals surface area contributed by atoms with Crippen LogP contribution in [0, 0.1) is 11.6 Å². The second kappa shape index (κ2) is 7.59. The fourth-order valence-electron chi connectivity index (χ4n) is 1.98. The van der Waals surface area contributed by atoms with Gasteiger partial charge >= 0.3 is 0 Å². The lowest BCUT2D eigenvalue weighted by atomic mass is 10.0. The van der Waals surface area contributed by atoms with Crippen LogP contribution < -0.4 is 5.32 Å². The van der Waals surface area contributed by atoms with Crippen molar-refractivity contribution >= 4 is 0 Å². The van der Waals surface area contributed by atoms with Gasteiger partial charge < -0.3 is 5.32 Å². The smallest absolute Gasteiger partial charge is 0.129 e. The maximum Gasteiger partial charge on any atom is 0.129 e. The molecule has 0 fully saturated rings. The van der Waals surface area contributed by atoms with E-state index in [1.165, 1.54) is 6.07 Å². The Morgan fingerprint density at radius 3 is 2.32 bits per heavy atom. The summed E-state index contributed by atoms with van der Waals surface area (Å²) in [6.45, 7) is 7.49. The molecule has 0 radical (unpaired) electrons. The van der Waals surface area contributed by atoms with Crippen LogP contribution in [0.1, 0.15) is 52.0 Å². The van der Waals surface area contributed by atoms with Crippen LogP contribution in [-0.2, 0) is 6.42 Å². The average molecular weight is 269 g/mol. The maximum atomic E-state index is 13.4. The number of rotatable bonds is 7. The SMILES string of the molecule is CC(C)(C)NCCCCCCc1ccc(F)cc1F. The summed E-state index contributed by atoms with van der Waals surface area (Å²) in [5.74, 6) is -0.927. The van der Waals surface area contributed by atoms with Gasteiger partial charge in [-0.25, -0.2) is 8.78 Å². The second-order valence-electron chi connectivity index (χ2n) is 6.08. The highest BCUT2D eigenvalue weighted by atomic mass is 19.1. The monoisotopic (exact) mass is 269 g/mol. The molecule has 0 amide bonds. The van der Waals surface area contributed by atoms with Gasteiger partial charge in [-0.05, 0) is 58.2 Å². The number of unbranched alkanes of at least 4 members (excludes halogenated alkanes) is 3. The summed E-state index contributed by atoms with van der Waals surface area (Å²) in [6.07, 6.45) is 5.02. The Balaban J connectivity index is 2.11. The van der Waals surface area contributed by atoms with Gasteiger partial charge in [0, 0.05) is 11.6 Å². The Morgan fingerprint density at radius 2 is 1.68 bits per heavy atom. The van der Waals surface area contributed by atoms with E-state index in [0.29, 0.717) is 12.0 Å². The molecule has 0 aliphatic heterocycles. The minimum absolute atomic E-state index is 0.178. The summed E-state index contributed by atoms with van der Waals surface area (Å²) < 4.78 is 26.1. The van der Waals surface area contributed by atoms with Gasteiger partial charge in [0.2, 0.25) is 0 Å². The quantitative estimate of drug-likeness (QED) is 0.721. The Kier molecular flexibility index (Phi) is 6.43. The summed E-state index contributed by atoms with van der Waals surface area (Å²) in [7, 11) is 0. The van der Waals surface area contributed by atoms with Gasteiger partial charge in [0.25, 0.3) is 0 Å². The molecule has 1 aromatic rings. The number of hydrogen-bond donors (Lipinski definition) is 1. The van der Waals surface area contributed by atoms with E-state index in [1.807, 2.05) is 0 Å². The number of aryl methyl sites for hydroxylation is 1. The first kappa shape index (κ1) is 16.1. The fraction of sp³-hybridized carbons (Fsp3) is 0.625. The third-order valence-electron chi connectivity index (χ3n) is 3.04. The molecule has 0 saturated heterocycles. The number of nitrogens with one attached hydrogen (secondary N) is 1. The normalized spacial score (nSPS) is 11.8. The number of hydrogen-bond acceptors (Lipinski definition) is 1. The molecule has 3 heteroatoms. The Labute approximate surface area is 115 Å². The molecular formula is C16H25F2N. The Bertz CT molecular complexity index is 383. The van der Waals surface area contributed by atoms with E-state index in [9.17, 15) is 8.78 Å². The highest BCUT2D eigenvalue weighted by molar-refractivity contribution is 5.18. The van der Waals surface area contributed by atoms with Crippen molar-refractivity contribution in [3.63, 3.8) is 0 Å². The lowest BCUT2D eigenvalue weighted by Crippen LogP contribution is -2.36. The summed E-state index contributed by atoms with van der Waals surface area (Å²) in [5.41, 5.74) is 0.797. The number of benzene rings is 1. The van der Waals surface area contributed by atoms with E-state index in [2.05, 4.69) is 26.1 Å². The van der Waals surface area contributed by atoms with Crippen molar-refractivity contribution in [3.05, 3.63) is 35.4 Å². The Hall–Kier alpha value is -0.960. The van der Waals surface area contributed by atoms with Crippen LogP contribution in [0.15, 0.2) is 18.2 Å². The predicted molar refractivity (Wildman–Crippen MR) is 76.3 cm³/mol. The molecule has 0 spiro atoms. The van der Waals surface area contributed by atoms with Crippen LogP contribution in [0.2, 0.25) is 0 Å². The van der Waals surface area contributed by atoms with Crippen LogP contribution in [-0.4, -0.2) is 12.1 Å². The van der Waals surface area contributed by atoms with Gasteiger partial charge in [-0.3, -0.25) is 0 Å². The van der Waals surface area contributed by atoms with Crippen molar-refractivity contribution in [2.45, 2.75) is 58.4 Å². The lowest BCUT2D eigenvalue weighted by Gasteiger charge is -2.20. The number of halogens is 2. The minimum atomic E-state index is -0.505. The van der Waals surface area contributed by atoms with Crippen LogP contribution in [0.4, 0.5) is 8.78 Å². The summed E-state index contributed by atoms with van der Waals surface area (Å²) >= 11 is 0. The molecule has 108 valence electrons. The van der Waals surface area contributed by atoms with E-state index < -0.39 is 11.6 Å². The summed E-state index contributed by atoms with van der Waals surface area (Å²) in [6, 6.07) is 3.83. The van der Waals surface area contributed by atoms with Crippen molar-refractivity contribution < 1.29 is 8.78 Å². The summed E-state index contributed by atoms with van der Waals surface area (Å²) in [5, 5.41) is 3.44. The van der Waals surface area contributed by atoms with E-state index in [1.54, 1.807) is 6.07 Å².